The number of benzene rings is 1. The number of aromatic nitrogens is 2. The fraction of sp³-hybridized carbons (Fsp3) is 0.0769. The Balaban J connectivity index is 1.79. The molecule has 0 amide bonds. The summed E-state index contributed by atoms with van der Waals surface area (Å²) in [5.74, 6) is 0. The zero-order valence-corrected chi connectivity index (χ0v) is 11.4. The third kappa shape index (κ3) is 2.41. The van der Waals surface area contributed by atoms with Crippen molar-refractivity contribution in [2.24, 2.45) is 0 Å². The number of halogens is 1. The lowest BCUT2D eigenvalue weighted by molar-refractivity contribution is 1.08. The Morgan fingerprint density at radius 1 is 1.47 bits per heavy atom. The number of fused-ring (bicyclic) bond motifs is 1. The van der Waals surface area contributed by atoms with E-state index in [4.69, 9.17) is 16.9 Å². The third-order valence-corrected chi connectivity index (χ3v) is 3.80. The average molecular weight is 289 g/mol. The van der Waals surface area contributed by atoms with Crippen LogP contribution >= 0.6 is 22.9 Å². The Bertz CT molecular complexity index is 740. The monoisotopic (exact) mass is 288 g/mol. The van der Waals surface area contributed by atoms with E-state index < -0.39 is 0 Å². The zero-order valence-electron chi connectivity index (χ0n) is 9.80. The second kappa shape index (κ2) is 4.92. The van der Waals surface area contributed by atoms with E-state index in [9.17, 15) is 0 Å². The first kappa shape index (κ1) is 12.0. The van der Waals surface area contributed by atoms with Crippen LogP contribution in [0.5, 0.6) is 0 Å². The van der Waals surface area contributed by atoms with Crippen LogP contribution in [0.1, 0.15) is 11.3 Å². The van der Waals surface area contributed by atoms with Gasteiger partial charge >= 0.3 is 0 Å². The summed E-state index contributed by atoms with van der Waals surface area (Å²) in [5.41, 5.74) is 2.26. The third-order valence-electron chi connectivity index (χ3n) is 2.70. The Hall–Kier alpha value is -2.03. The predicted octanol–water partition coefficient (Wildman–Crippen LogP) is 3.53. The van der Waals surface area contributed by atoms with Crippen LogP contribution in [0, 0.1) is 11.3 Å². The average Bonchev–Trinajstić information content (AvgIpc) is 2.98. The molecule has 0 aliphatic carbocycles. The molecule has 3 rings (SSSR count). The van der Waals surface area contributed by atoms with E-state index in [0.717, 1.165) is 16.3 Å². The molecule has 94 valence electrons. The first-order valence-corrected chi connectivity index (χ1v) is 6.86. The summed E-state index contributed by atoms with van der Waals surface area (Å²) in [5, 5.41) is 14.7. The number of imidazole rings is 1. The minimum absolute atomic E-state index is 0.572. The van der Waals surface area contributed by atoms with Gasteiger partial charge in [-0.2, -0.15) is 5.26 Å². The molecule has 2 heterocycles. The van der Waals surface area contributed by atoms with Gasteiger partial charge in [-0.05, 0) is 18.2 Å². The van der Waals surface area contributed by atoms with Crippen molar-refractivity contribution in [2.75, 3.05) is 5.32 Å². The van der Waals surface area contributed by atoms with Crippen LogP contribution in [0.25, 0.3) is 4.96 Å². The van der Waals surface area contributed by atoms with E-state index >= 15 is 0 Å². The molecule has 4 nitrogen and oxygen atoms in total. The summed E-state index contributed by atoms with van der Waals surface area (Å²) < 4.78 is 1.98. The maximum Gasteiger partial charge on any atom is 0.193 e. The summed E-state index contributed by atoms with van der Waals surface area (Å²) in [6, 6.07) is 7.24. The van der Waals surface area contributed by atoms with Crippen LogP contribution in [-0.2, 0) is 6.54 Å². The molecule has 0 saturated carbocycles. The van der Waals surface area contributed by atoms with Gasteiger partial charge in [-0.1, -0.05) is 11.6 Å². The molecule has 1 aromatic carbocycles. The van der Waals surface area contributed by atoms with Crippen LogP contribution in [0.4, 0.5) is 5.69 Å². The van der Waals surface area contributed by atoms with Gasteiger partial charge in [0, 0.05) is 17.8 Å². The Morgan fingerprint density at radius 3 is 3.16 bits per heavy atom. The van der Waals surface area contributed by atoms with Crippen molar-refractivity contribution in [2.45, 2.75) is 6.54 Å². The van der Waals surface area contributed by atoms with Gasteiger partial charge in [-0.15, -0.1) is 11.3 Å². The number of nitrogens with one attached hydrogen (secondary N) is 1. The second-order valence-corrected chi connectivity index (χ2v) is 5.27. The van der Waals surface area contributed by atoms with Gasteiger partial charge in [0.25, 0.3) is 0 Å². The molecule has 3 aromatic rings. The number of hydrogen-bond acceptors (Lipinski definition) is 4. The molecule has 0 fully saturated rings. The number of anilines is 1. The summed E-state index contributed by atoms with van der Waals surface area (Å²) in [4.78, 5) is 5.44. The molecule has 0 bridgehead atoms. The van der Waals surface area contributed by atoms with E-state index in [1.807, 2.05) is 22.2 Å². The maximum absolute atomic E-state index is 8.87. The smallest absolute Gasteiger partial charge is 0.193 e. The van der Waals surface area contributed by atoms with Gasteiger partial charge in [0.2, 0.25) is 0 Å². The van der Waals surface area contributed by atoms with Gasteiger partial charge in [0.15, 0.2) is 4.96 Å². The van der Waals surface area contributed by atoms with Gasteiger partial charge in [0.05, 0.1) is 34.6 Å². The quantitative estimate of drug-likeness (QED) is 0.802. The molecular weight excluding hydrogens is 280 g/mol. The minimum Gasteiger partial charge on any atom is -0.378 e. The van der Waals surface area contributed by atoms with Crippen molar-refractivity contribution >= 4 is 33.6 Å². The van der Waals surface area contributed by atoms with Crippen LogP contribution in [0.15, 0.2) is 36.0 Å². The van der Waals surface area contributed by atoms with E-state index in [0.29, 0.717) is 17.1 Å². The normalized spacial score (nSPS) is 10.5. The van der Waals surface area contributed by atoms with Crippen molar-refractivity contribution in [1.29, 1.82) is 5.26 Å². The molecule has 1 N–H and O–H groups in total. The molecule has 19 heavy (non-hydrogen) atoms. The highest BCUT2D eigenvalue weighted by Crippen LogP contribution is 2.23. The lowest BCUT2D eigenvalue weighted by Gasteiger charge is -2.06. The number of hydrogen-bond donors (Lipinski definition) is 1. The van der Waals surface area contributed by atoms with E-state index in [1.165, 1.54) is 0 Å². The Labute approximate surface area is 118 Å². The standard InChI is InChI=1S/C13H9ClN4S/c14-11-2-1-9(6-15)5-12(11)16-7-10-8-18-3-4-19-13(18)17-10/h1-5,8,16H,7H2. The molecule has 0 atom stereocenters. The topological polar surface area (TPSA) is 53.1 Å². The lowest BCUT2D eigenvalue weighted by Crippen LogP contribution is -2.00. The number of nitriles is 1. The van der Waals surface area contributed by atoms with E-state index in [-0.39, 0.29) is 0 Å². The summed E-state index contributed by atoms with van der Waals surface area (Å²) in [7, 11) is 0. The largest absolute Gasteiger partial charge is 0.378 e. The molecule has 0 aliphatic heterocycles. The molecule has 0 spiro atoms. The van der Waals surface area contributed by atoms with Crippen LogP contribution in [0.3, 0.4) is 0 Å². The molecular formula is C13H9ClN4S. The van der Waals surface area contributed by atoms with Crippen LogP contribution in [0.2, 0.25) is 5.02 Å². The summed E-state index contributed by atoms with van der Waals surface area (Å²) in [6.45, 7) is 0.572. The van der Waals surface area contributed by atoms with Crippen molar-refractivity contribution in [3.63, 3.8) is 0 Å². The highest BCUT2D eigenvalue weighted by Gasteiger charge is 2.05. The Kier molecular flexibility index (Phi) is 3.11. The number of nitrogens with zero attached hydrogens (tertiary/aromatic N) is 3. The second-order valence-electron chi connectivity index (χ2n) is 3.99. The number of rotatable bonds is 3. The highest BCUT2D eigenvalue weighted by atomic mass is 35.5. The van der Waals surface area contributed by atoms with Crippen molar-refractivity contribution in [3.05, 3.63) is 52.3 Å². The molecule has 0 aliphatic rings. The summed E-state index contributed by atoms with van der Waals surface area (Å²) in [6.07, 6.45) is 3.95. The first-order valence-electron chi connectivity index (χ1n) is 5.61. The fourth-order valence-electron chi connectivity index (χ4n) is 1.78. The maximum atomic E-state index is 8.87. The van der Waals surface area contributed by atoms with Crippen molar-refractivity contribution < 1.29 is 0 Å². The SMILES string of the molecule is N#Cc1ccc(Cl)c(NCc2cn3ccsc3n2)c1. The fourth-order valence-corrected chi connectivity index (χ4v) is 2.68. The van der Waals surface area contributed by atoms with Crippen molar-refractivity contribution in [3.8, 4) is 6.07 Å². The van der Waals surface area contributed by atoms with Gasteiger partial charge in [-0.25, -0.2) is 4.98 Å². The van der Waals surface area contributed by atoms with Crippen molar-refractivity contribution in [1.82, 2.24) is 9.38 Å². The first-order chi connectivity index (χ1) is 9.26. The van der Waals surface area contributed by atoms with Gasteiger partial charge < -0.3 is 5.32 Å². The lowest BCUT2D eigenvalue weighted by atomic mass is 10.2. The van der Waals surface area contributed by atoms with Gasteiger partial charge in [0.1, 0.15) is 0 Å². The van der Waals surface area contributed by atoms with Crippen LogP contribution < -0.4 is 5.32 Å². The molecule has 2 aromatic heterocycles. The summed E-state index contributed by atoms with van der Waals surface area (Å²) >= 11 is 7.68. The molecule has 0 saturated heterocycles. The van der Waals surface area contributed by atoms with Gasteiger partial charge in [-0.3, -0.25) is 4.40 Å². The zero-order chi connectivity index (χ0) is 13.2. The van der Waals surface area contributed by atoms with E-state index in [1.54, 1.807) is 29.5 Å². The number of thiazole rings is 1. The highest BCUT2D eigenvalue weighted by molar-refractivity contribution is 7.15. The molecule has 0 unspecified atom stereocenters. The predicted molar refractivity (Wildman–Crippen MR) is 76.6 cm³/mol. The molecule has 6 heteroatoms. The Morgan fingerprint density at radius 2 is 2.37 bits per heavy atom. The molecule has 0 radical (unpaired) electrons. The van der Waals surface area contributed by atoms with Crippen LogP contribution in [-0.4, -0.2) is 9.38 Å². The minimum atomic E-state index is 0.572. The van der Waals surface area contributed by atoms with E-state index in [2.05, 4.69) is 16.4 Å².